The van der Waals surface area contributed by atoms with E-state index in [4.69, 9.17) is 4.74 Å². The molecule has 1 aromatic heterocycles. The van der Waals surface area contributed by atoms with E-state index in [1.807, 2.05) is 54.6 Å². The highest BCUT2D eigenvalue weighted by atomic mass is 32.2. The fourth-order valence-corrected chi connectivity index (χ4v) is 4.25. The number of anilines is 1. The van der Waals surface area contributed by atoms with Crippen LogP contribution in [0.15, 0.2) is 59.8 Å². The number of amides is 1. The molecule has 1 amide bonds. The Labute approximate surface area is 180 Å². The predicted molar refractivity (Wildman–Crippen MR) is 118 cm³/mol. The first-order valence-electron chi connectivity index (χ1n) is 10.0. The van der Waals surface area contributed by atoms with E-state index in [0.29, 0.717) is 0 Å². The van der Waals surface area contributed by atoms with Crippen LogP contribution in [0.4, 0.5) is 5.69 Å². The molecular weight excluding hydrogens is 398 g/mol. The molecule has 0 saturated carbocycles. The summed E-state index contributed by atoms with van der Waals surface area (Å²) in [5, 5.41) is 12.5. The summed E-state index contributed by atoms with van der Waals surface area (Å²) in [6.45, 7) is 2.95. The van der Waals surface area contributed by atoms with E-state index >= 15 is 0 Å². The number of nitrogens with one attached hydrogen (secondary N) is 1. The Bertz CT molecular complexity index is 969. The van der Waals surface area contributed by atoms with Crippen LogP contribution in [0.25, 0.3) is 5.69 Å². The molecule has 4 rings (SSSR count). The van der Waals surface area contributed by atoms with Crippen LogP contribution < -0.4 is 10.1 Å². The Morgan fingerprint density at radius 1 is 1.07 bits per heavy atom. The minimum Gasteiger partial charge on any atom is -0.497 e. The maximum Gasteiger partial charge on any atom is 0.234 e. The molecule has 3 aromatic rings. The van der Waals surface area contributed by atoms with Gasteiger partial charge in [0.1, 0.15) is 5.75 Å². The second kappa shape index (κ2) is 9.77. The lowest BCUT2D eigenvalue weighted by Crippen LogP contribution is -2.21. The fraction of sp³-hybridized carbons (Fsp3) is 0.318. The van der Waals surface area contributed by atoms with Gasteiger partial charge in [0.15, 0.2) is 11.0 Å². The van der Waals surface area contributed by atoms with E-state index < -0.39 is 0 Å². The summed E-state index contributed by atoms with van der Waals surface area (Å²) < 4.78 is 7.21. The molecule has 0 atom stereocenters. The molecule has 1 saturated heterocycles. The number of likely N-dealkylation sites (tertiary alicyclic amines) is 1. The highest BCUT2D eigenvalue weighted by Crippen LogP contribution is 2.24. The van der Waals surface area contributed by atoms with Crippen LogP contribution >= 0.6 is 11.8 Å². The van der Waals surface area contributed by atoms with E-state index in [1.165, 1.54) is 24.6 Å². The van der Waals surface area contributed by atoms with E-state index in [0.717, 1.165) is 47.7 Å². The zero-order valence-electron chi connectivity index (χ0n) is 17.0. The number of carbonyl (C=O) groups is 1. The molecule has 2 aromatic carbocycles. The number of methoxy groups -OCH3 is 1. The standard InChI is InChI=1S/C22H25N5O2S/c1-29-19-11-9-17(10-12-19)23-21(28)16-30-22-25-24-20(15-26-13-5-6-14-26)27(22)18-7-3-2-4-8-18/h2-4,7-12H,5-6,13-16H2,1H3,(H,23,28). The number of para-hydroxylation sites is 1. The van der Waals surface area contributed by atoms with Gasteiger partial charge in [-0.1, -0.05) is 30.0 Å². The van der Waals surface area contributed by atoms with Crippen molar-refractivity contribution in [2.45, 2.75) is 24.5 Å². The topological polar surface area (TPSA) is 72.3 Å². The molecule has 0 unspecified atom stereocenters. The van der Waals surface area contributed by atoms with Gasteiger partial charge in [-0.2, -0.15) is 0 Å². The lowest BCUT2D eigenvalue weighted by Gasteiger charge is -2.16. The fourth-order valence-electron chi connectivity index (χ4n) is 3.47. The minimum atomic E-state index is -0.0890. The van der Waals surface area contributed by atoms with Gasteiger partial charge >= 0.3 is 0 Å². The van der Waals surface area contributed by atoms with Gasteiger partial charge in [-0.3, -0.25) is 14.3 Å². The van der Waals surface area contributed by atoms with Crippen LogP contribution in [0.3, 0.4) is 0 Å². The highest BCUT2D eigenvalue weighted by molar-refractivity contribution is 7.99. The van der Waals surface area contributed by atoms with Crippen molar-refractivity contribution in [3.8, 4) is 11.4 Å². The third kappa shape index (κ3) is 5.01. The molecule has 7 nitrogen and oxygen atoms in total. The monoisotopic (exact) mass is 423 g/mol. The summed E-state index contributed by atoms with van der Waals surface area (Å²) in [5.74, 6) is 1.82. The average molecular weight is 424 g/mol. The molecule has 1 N–H and O–H groups in total. The third-order valence-electron chi connectivity index (χ3n) is 4.98. The van der Waals surface area contributed by atoms with Crippen LogP contribution in [0.5, 0.6) is 5.75 Å². The number of thioether (sulfide) groups is 1. The smallest absolute Gasteiger partial charge is 0.234 e. The van der Waals surface area contributed by atoms with Gasteiger partial charge in [-0.05, 0) is 62.3 Å². The number of aromatic nitrogens is 3. The van der Waals surface area contributed by atoms with E-state index in [9.17, 15) is 4.79 Å². The number of hydrogen-bond donors (Lipinski definition) is 1. The Hall–Kier alpha value is -2.84. The molecule has 156 valence electrons. The zero-order chi connectivity index (χ0) is 20.8. The van der Waals surface area contributed by atoms with Gasteiger partial charge in [0.2, 0.25) is 5.91 Å². The largest absolute Gasteiger partial charge is 0.497 e. The summed E-state index contributed by atoms with van der Waals surface area (Å²) in [7, 11) is 1.62. The normalized spacial score (nSPS) is 14.0. The predicted octanol–water partition coefficient (Wildman–Crippen LogP) is 3.60. The first-order valence-corrected chi connectivity index (χ1v) is 11.0. The summed E-state index contributed by atoms with van der Waals surface area (Å²) >= 11 is 1.39. The van der Waals surface area contributed by atoms with Gasteiger partial charge < -0.3 is 10.1 Å². The van der Waals surface area contributed by atoms with Crippen LogP contribution in [-0.4, -0.2) is 51.5 Å². The van der Waals surface area contributed by atoms with E-state index in [2.05, 4.69) is 25.0 Å². The molecule has 1 aliphatic heterocycles. The number of ether oxygens (including phenoxy) is 1. The average Bonchev–Trinajstić information content (AvgIpc) is 3.44. The highest BCUT2D eigenvalue weighted by Gasteiger charge is 2.20. The Morgan fingerprint density at radius 2 is 1.80 bits per heavy atom. The van der Waals surface area contributed by atoms with Crippen molar-refractivity contribution >= 4 is 23.4 Å². The number of hydrogen-bond acceptors (Lipinski definition) is 6. The van der Waals surface area contributed by atoms with Gasteiger partial charge in [0.05, 0.1) is 19.4 Å². The van der Waals surface area contributed by atoms with Crippen LogP contribution in [0, 0.1) is 0 Å². The Kier molecular flexibility index (Phi) is 6.66. The lowest BCUT2D eigenvalue weighted by atomic mass is 10.3. The van der Waals surface area contributed by atoms with Gasteiger partial charge in [-0.25, -0.2) is 0 Å². The number of benzene rings is 2. The molecule has 8 heteroatoms. The maximum absolute atomic E-state index is 12.4. The quantitative estimate of drug-likeness (QED) is 0.558. The van der Waals surface area contributed by atoms with Crippen LogP contribution in [0.2, 0.25) is 0 Å². The van der Waals surface area contributed by atoms with Gasteiger partial charge in [0, 0.05) is 11.4 Å². The van der Waals surface area contributed by atoms with Crippen molar-refractivity contribution < 1.29 is 9.53 Å². The molecule has 0 bridgehead atoms. The van der Waals surface area contributed by atoms with E-state index in [-0.39, 0.29) is 11.7 Å². The summed E-state index contributed by atoms with van der Waals surface area (Å²) in [6.07, 6.45) is 2.46. The minimum absolute atomic E-state index is 0.0890. The molecule has 1 fully saturated rings. The SMILES string of the molecule is COc1ccc(NC(=O)CSc2nnc(CN3CCCC3)n2-c2ccccc2)cc1. The lowest BCUT2D eigenvalue weighted by molar-refractivity contribution is -0.113. The molecule has 0 spiro atoms. The number of carbonyl (C=O) groups excluding carboxylic acids is 1. The molecule has 0 radical (unpaired) electrons. The zero-order valence-corrected chi connectivity index (χ0v) is 17.8. The van der Waals surface area contributed by atoms with Gasteiger partial charge in [-0.15, -0.1) is 10.2 Å². The summed E-state index contributed by atoms with van der Waals surface area (Å²) in [5.41, 5.74) is 1.75. The van der Waals surface area contributed by atoms with Crippen molar-refractivity contribution in [3.05, 3.63) is 60.4 Å². The second-order valence-corrected chi connectivity index (χ2v) is 8.06. The van der Waals surface area contributed by atoms with Crippen molar-refractivity contribution in [1.29, 1.82) is 0 Å². The van der Waals surface area contributed by atoms with Crippen molar-refractivity contribution in [3.63, 3.8) is 0 Å². The van der Waals surface area contributed by atoms with Crippen molar-refractivity contribution in [2.75, 3.05) is 31.3 Å². The maximum atomic E-state index is 12.4. The molecule has 2 heterocycles. The summed E-state index contributed by atoms with van der Waals surface area (Å²) in [6, 6.07) is 17.3. The number of rotatable bonds is 8. The van der Waals surface area contributed by atoms with Crippen molar-refractivity contribution in [2.24, 2.45) is 0 Å². The Morgan fingerprint density at radius 3 is 2.50 bits per heavy atom. The number of nitrogens with zero attached hydrogens (tertiary/aromatic N) is 4. The van der Waals surface area contributed by atoms with Crippen LogP contribution in [-0.2, 0) is 11.3 Å². The van der Waals surface area contributed by atoms with Crippen molar-refractivity contribution in [1.82, 2.24) is 19.7 Å². The first kappa shape index (κ1) is 20.4. The first-order chi connectivity index (χ1) is 14.7. The molecular formula is C22H25N5O2S. The second-order valence-electron chi connectivity index (χ2n) is 7.12. The third-order valence-corrected chi connectivity index (χ3v) is 5.91. The molecule has 1 aliphatic rings. The Balaban J connectivity index is 1.46. The molecule has 0 aliphatic carbocycles. The molecule has 30 heavy (non-hydrogen) atoms. The van der Waals surface area contributed by atoms with Crippen LogP contribution in [0.1, 0.15) is 18.7 Å². The van der Waals surface area contributed by atoms with Gasteiger partial charge in [0.25, 0.3) is 0 Å². The summed E-state index contributed by atoms with van der Waals surface area (Å²) in [4.78, 5) is 14.8. The van der Waals surface area contributed by atoms with E-state index in [1.54, 1.807) is 7.11 Å².